The molecule has 1 fully saturated rings. The highest BCUT2D eigenvalue weighted by Gasteiger charge is 2.27. The van der Waals surface area contributed by atoms with Gasteiger partial charge in [-0.05, 0) is 30.7 Å². The lowest BCUT2D eigenvalue weighted by atomic mass is 10.1. The van der Waals surface area contributed by atoms with Gasteiger partial charge >= 0.3 is 0 Å². The number of pyridine rings is 2. The molecule has 276 valence electrons. The number of benzene rings is 1. The molecule has 6 aromatic rings. The molecule has 7 heterocycles. The molecule has 1 unspecified atom stereocenters. The number of carbonyl (C=O) groups excluding carboxylic acids is 2. The van der Waals surface area contributed by atoms with Gasteiger partial charge in [-0.1, -0.05) is 41.4 Å². The van der Waals surface area contributed by atoms with Crippen LogP contribution >= 0.6 is 23.2 Å². The van der Waals surface area contributed by atoms with Gasteiger partial charge in [0.05, 0.1) is 45.6 Å². The molecule has 0 bridgehead atoms. The quantitative estimate of drug-likeness (QED) is 0.163. The first-order chi connectivity index (χ1) is 26.2. The summed E-state index contributed by atoms with van der Waals surface area (Å²) in [4.78, 5) is 50.5. The van der Waals surface area contributed by atoms with E-state index in [4.69, 9.17) is 37.9 Å². The minimum atomic E-state index is -0.379. The molecule has 14 nitrogen and oxygen atoms in total. The summed E-state index contributed by atoms with van der Waals surface area (Å²) in [5.41, 5.74) is 6.30. The number of fused-ring (bicyclic) bond motifs is 2. The lowest BCUT2D eigenvalue weighted by Crippen LogP contribution is -2.35. The standard InChI is InChI=1S/C38H37Cl2N11O3/c1-49-30-12-16-50(19-24-20-51-15-4-13-43-38(51)45-24)21-29(30)46-35(49)36(53)47-28-6-3-5-26(32(28)39)34-33(40)25(11-14-42-34)27-9-7-22(37(48-27)54-2)17-41-18-23-8-10-31(52)44-23/h3-7,9,11,13-15,20,23,41H,8,10,12,16-19,21H2,1-2H3,(H,44,52)(H,47,53). The number of methoxy groups -OCH3 is 1. The number of ether oxygens (including phenoxy) is 1. The molecule has 0 spiro atoms. The molecule has 1 saturated heterocycles. The highest BCUT2D eigenvalue weighted by molar-refractivity contribution is 6.39. The average Bonchev–Trinajstić information content (AvgIpc) is 3.88. The molecule has 3 N–H and O–H groups in total. The van der Waals surface area contributed by atoms with E-state index in [0.717, 1.165) is 42.0 Å². The lowest BCUT2D eigenvalue weighted by Gasteiger charge is -2.25. The van der Waals surface area contributed by atoms with Gasteiger partial charge in [0.1, 0.15) is 0 Å². The summed E-state index contributed by atoms with van der Waals surface area (Å²) in [5.74, 6) is 1.12. The number of imidazole rings is 2. The zero-order chi connectivity index (χ0) is 37.3. The summed E-state index contributed by atoms with van der Waals surface area (Å²) in [6.07, 6.45) is 9.41. The van der Waals surface area contributed by atoms with Crippen molar-refractivity contribution in [2.45, 2.75) is 44.9 Å². The molecule has 16 heteroatoms. The van der Waals surface area contributed by atoms with Crippen LogP contribution in [0.4, 0.5) is 5.69 Å². The van der Waals surface area contributed by atoms with E-state index in [0.29, 0.717) is 83.3 Å². The van der Waals surface area contributed by atoms with Gasteiger partial charge in [0.2, 0.25) is 17.6 Å². The van der Waals surface area contributed by atoms with E-state index in [1.807, 2.05) is 46.6 Å². The minimum Gasteiger partial charge on any atom is -0.481 e. The molecule has 2 amide bonds. The highest BCUT2D eigenvalue weighted by Crippen LogP contribution is 2.40. The van der Waals surface area contributed by atoms with Crippen molar-refractivity contribution >= 4 is 46.5 Å². The number of amides is 2. The molecule has 8 rings (SSSR count). The molecule has 0 radical (unpaired) electrons. The van der Waals surface area contributed by atoms with Crippen LogP contribution in [0.5, 0.6) is 5.88 Å². The number of anilines is 1. The number of nitrogens with one attached hydrogen (secondary N) is 3. The van der Waals surface area contributed by atoms with Gasteiger partial charge in [-0.3, -0.25) is 23.9 Å². The first kappa shape index (κ1) is 35.6. The predicted molar refractivity (Wildman–Crippen MR) is 204 cm³/mol. The molecule has 1 atom stereocenters. The summed E-state index contributed by atoms with van der Waals surface area (Å²) < 4.78 is 9.39. The molecule has 0 saturated carbocycles. The van der Waals surface area contributed by atoms with Gasteiger partial charge in [0.15, 0.2) is 5.82 Å². The number of hydrogen-bond acceptors (Lipinski definition) is 10. The third-order valence-corrected chi connectivity index (χ3v) is 10.6. The summed E-state index contributed by atoms with van der Waals surface area (Å²) in [6.45, 7) is 3.23. The first-order valence-electron chi connectivity index (χ1n) is 17.6. The fourth-order valence-corrected chi connectivity index (χ4v) is 7.64. The monoisotopic (exact) mass is 765 g/mol. The Hall–Kier alpha value is -5.41. The Morgan fingerprint density at radius 1 is 1.02 bits per heavy atom. The lowest BCUT2D eigenvalue weighted by molar-refractivity contribution is -0.119. The molecule has 0 aliphatic carbocycles. The van der Waals surface area contributed by atoms with Crippen LogP contribution in [0.25, 0.3) is 28.3 Å². The van der Waals surface area contributed by atoms with E-state index in [2.05, 4.69) is 35.8 Å². The Morgan fingerprint density at radius 2 is 1.91 bits per heavy atom. The Morgan fingerprint density at radius 3 is 2.72 bits per heavy atom. The molecule has 54 heavy (non-hydrogen) atoms. The summed E-state index contributed by atoms with van der Waals surface area (Å²) in [7, 11) is 3.43. The maximum Gasteiger partial charge on any atom is 0.291 e. The van der Waals surface area contributed by atoms with Gasteiger partial charge < -0.3 is 25.3 Å². The van der Waals surface area contributed by atoms with E-state index in [9.17, 15) is 9.59 Å². The van der Waals surface area contributed by atoms with Crippen LogP contribution in [0.2, 0.25) is 10.0 Å². The average molecular weight is 767 g/mol. The van der Waals surface area contributed by atoms with Crippen molar-refractivity contribution in [3.63, 3.8) is 0 Å². The molecule has 5 aromatic heterocycles. The summed E-state index contributed by atoms with van der Waals surface area (Å²) in [6, 6.07) is 12.9. The second-order valence-electron chi connectivity index (χ2n) is 13.3. The van der Waals surface area contributed by atoms with E-state index in [1.165, 1.54) is 0 Å². The van der Waals surface area contributed by atoms with Crippen molar-refractivity contribution in [2.75, 3.05) is 25.5 Å². The maximum atomic E-state index is 13.7. The fraction of sp³-hybridized carbons (Fsp3) is 0.289. The molecular weight excluding hydrogens is 729 g/mol. The van der Waals surface area contributed by atoms with E-state index >= 15 is 0 Å². The topological polar surface area (TPSA) is 156 Å². The second kappa shape index (κ2) is 15.1. The molecule has 1 aromatic carbocycles. The van der Waals surface area contributed by atoms with Crippen molar-refractivity contribution in [2.24, 2.45) is 7.05 Å². The van der Waals surface area contributed by atoms with Crippen molar-refractivity contribution in [1.82, 2.24) is 49.4 Å². The zero-order valence-electron chi connectivity index (χ0n) is 29.6. The molecular formula is C38H37Cl2N11O3. The molecule has 2 aliphatic rings. The van der Waals surface area contributed by atoms with E-state index in [1.54, 1.807) is 43.8 Å². The Kier molecular flexibility index (Phi) is 9.99. The van der Waals surface area contributed by atoms with Crippen LogP contribution in [-0.2, 0) is 37.9 Å². The van der Waals surface area contributed by atoms with Gasteiger partial charge in [-0.2, -0.15) is 0 Å². The van der Waals surface area contributed by atoms with Crippen molar-refractivity contribution in [1.29, 1.82) is 0 Å². The number of hydrogen-bond donors (Lipinski definition) is 3. The first-order valence-corrected chi connectivity index (χ1v) is 18.4. The van der Waals surface area contributed by atoms with Gasteiger partial charge in [0, 0.05) is 106 Å². The Bertz CT molecular complexity index is 2360. The van der Waals surface area contributed by atoms with Gasteiger partial charge in [-0.25, -0.2) is 19.9 Å². The zero-order valence-corrected chi connectivity index (χ0v) is 31.2. The third kappa shape index (κ3) is 7.12. The number of halogens is 2. The van der Waals surface area contributed by atoms with E-state index < -0.39 is 0 Å². The van der Waals surface area contributed by atoms with Crippen LogP contribution in [-0.4, -0.2) is 76.8 Å². The van der Waals surface area contributed by atoms with Crippen molar-refractivity contribution in [3.8, 4) is 28.4 Å². The Labute approximate surface area is 320 Å². The van der Waals surface area contributed by atoms with Gasteiger partial charge in [-0.15, -0.1) is 0 Å². The predicted octanol–water partition coefficient (Wildman–Crippen LogP) is 5.08. The van der Waals surface area contributed by atoms with Crippen LogP contribution in [0.15, 0.2) is 67.3 Å². The SMILES string of the molecule is COc1nc(-c2ccnc(-c3cccc(NC(=O)c4nc5c(n4C)CCN(Cc4cn6cccnc6n4)C5)c3Cl)c2Cl)ccc1CNCC1CCC(=O)N1. The van der Waals surface area contributed by atoms with Crippen LogP contribution in [0, 0.1) is 0 Å². The number of aromatic nitrogens is 7. The number of nitrogens with zero attached hydrogens (tertiary/aromatic N) is 8. The van der Waals surface area contributed by atoms with Crippen LogP contribution in [0.3, 0.4) is 0 Å². The smallest absolute Gasteiger partial charge is 0.291 e. The molecule has 2 aliphatic heterocycles. The summed E-state index contributed by atoms with van der Waals surface area (Å²) >= 11 is 14.0. The van der Waals surface area contributed by atoms with Crippen LogP contribution < -0.4 is 20.7 Å². The largest absolute Gasteiger partial charge is 0.481 e. The minimum absolute atomic E-state index is 0.0854. The number of rotatable bonds is 11. The second-order valence-corrected chi connectivity index (χ2v) is 14.1. The van der Waals surface area contributed by atoms with Gasteiger partial charge in [0.25, 0.3) is 5.91 Å². The highest BCUT2D eigenvalue weighted by atomic mass is 35.5. The van der Waals surface area contributed by atoms with Crippen LogP contribution in [0.1, 0.15) is 46.1 Å². The fourth-order valence-electron chi connectivity index (χ4n) is 7.07. The van der Waals surface area contributed by atoms with Crippen molar-refractivity contribution in [3.05, 3.63) is 106 Å². The Balaban J connectivity index is 0.971. The number of carbonyl (C=O) groups is 2. The van der Waals surface area contributed by atoms with E-state index in [-0.39, 0.29) is 22.9 Å². The summed E-state index contributed by atoms with van der Waals surface area (Å²) in [5, 5.41) is 9.94. The maximum absolute atomic E-state index is 13.7. The third-order valence-electron chi connectivity index (χ3n) is 9.80. The van der Waals surface area contributed by atoms with Crippen molar-refractivity contribution < 1.29 is 14.3 Å². The normalized spacial score (nSPS) is 15.7.